The van der Waals surface area contributed by atoms with Crippen LogP contribution in [-0.2, 0) is 0 Å². The van der Waals surface area contributed by atoms with Crippen molar-refractivity contribution in [3.63, 3.8) is 0 Å². The first-order chi connectivity index (χ1) is 16.9. The maximum absolute atomic E-state index is 2.40. The fraction of sp³-hybridized carbons (Fsp3) is 0. The fourth-order valence-corrected chi connectivity index (χ4v) is 5.19. The summed E-state index contributed by atoms with van der Waals surface area (Å²) >= 11 is 0. The van der Waals surface area contributed by atoms with Crippen LogP contribution in [0.25, 0.3) is 55.2 Å². The van der Waals surface area contributed by atoms with E-state index in [1.54, 1.807) is 0 Å². The fourth-order valence-electron chi connectivity index (χ4n) is 5.19. The summed E-state index contributed by atoms with van der Waals surface area (Å²) in [6.45, 7) is 0. The molecule has 0 unspecified atom stereocenters. The van der Waals surface area contributed by atoms with Crippen LogP contribution in [0.5, 0.6) is 0 Å². The number of rotatable bonds is 3. The van der Waals surface area contributed by atoms with Crippen LogP contribution in [0.15, 0.2) is 134 Å². The van der Waals surface area contributed by atoms with Crippen molar-refractivity contribution in [3.05, 3.63) is 134 Å². The van der Waals surface area contributed by atoms with Crippen LogP contribution in [0.2, 0.25) is 0 Å². The van der Waals surface area contributed by atoms with Crippen molar-refractivity contribution in [2.45, 2.75) is 0 Å². The van der Waals surface area contributed by atoms with Crippen molar-refractivity contribution in [3.8, 4) is 22.5 Å². The van der Waals surface area contributed by atoms with Crippen molar-refractivity contribution >= 4 is 32.7 Å². The highest BCUT2D eigenvalue weighted by Crippen LogP contribution is 2.37. The third-order valence-corrected chi connectivity index (χ3v) is 6.77. The predicted octanol–water partition coefficient (Wildman–Crippen LogP) is 8.39. The van der Waals surface area contributed by atoms with Crippen LogP contribution < -0.4 is 0 Å². The summed E-state index contributed by atoms with van der Waals surface area (Å²) in [5.74, 6) is 0. The number of fused-ring (bicyclic) bond motifs is 5. The molecule has 0 atom stereocenters. The zero-order valence-electron chi connectivity index (χ0n) is 18.6. The lowest BCUT2D eigenvalue weighted by atomic mass is 10.1. The van der Waals surface area contributed by atoms with Crippen molar-refractivity contribution in [1.29, 1.82) is 0 Å². The first-order valence-corrected chi connectivity index (χ1v) is 11.6. The van der Waals surface area contributed by atoms with Gasteiger partial charge in [-0.05, 0) is 53.6 Å². The van der Waals surface area contributed by atoms with Gasteiger partial charge in [0, 0.05) is 33.7 Å². The second kappa shape index (κ2) is 7.50. The molecule has 0 saturated carbocycles. The Balaban J connectivity index is 1.46. The number of aromatic nitrogens is 2. The molecular weight excluding hydrogens is 412 g/mol. The lowest BCUT2D eigenvalue weighted by molar-refractivity contribution is 1.13. The molecule has 0 bridgehead atoms. The van der Waals surface area contributed by atoms with Crippen molar-refractivity contribution in [1.82, 2.24) is 9.13 Å². The standard InChI is InChI=1S/C32H22N2/c1-3-9-23(10-4-1)24-15-17-25(18-16-24)33-22-21-29-30(33)20-19-28-27-13-7-8-14-31(27)34(32(28)29)26-11-5-2-6-12-26/h1-22H. The van der Waals surface area contributed by atoms with Crippen LogP contribution in [-0.4, -0.2) is 9.13 Å². The van der Waals surface area contributed by atoms with E-state index in [1.165, 1.54) is 49.5 Å². The molecule has 2 aromatic heterocycles. The average Bonchev–Trinajstić information content (AvgIpc) is 3.49. The second-order valence-corrected chi connectivity index (χ2v) is 8.68. The van der Waals surface area contributed by atoms with E-state index >= 15 is 0 Å². The van der Waals surface area contributed by atoms with Crippen LogP contribution in [0, 0.1) is 0 Å². The van der Waals surface area contributed by atoms with Crippen molar-refractivity contribution in [2.75, 3.05) is 0 Å². The molecule has 2 heteroatoms. The smallest absolute Gasteiger partial charge is 0.0635 e. The molecule has 34 heavy (non-hydrogen) atoms. The molecule has 0 amide bonds. The third-order valence-electron chi connectivity index (χ3n) is 6.77. The Morgan fingerprint density at radius 2 is 1.06 bits per heavy atom. The average molecular weight is 435 g/mol. The van der Waals surface area contributed by atoms with Crippen LogP contribution in [0.3, 0.4) is 0 Å². The molecule has 7 rings (SSSR count). The summed E-state index contributed by atoms with van der Waals surface area (Å²) in [5, 5.41) is 3.82. The number of nitrogens with zero attached hydrogens (tertiary/aromatic N) is 2. The highest BCUT2D eigenvalue weighted by atomic mass is 15.0. The molecule has 5 aromatic carbocycles. The Morgan fingerprint density at radius 3 is 1.85 bits per heavy atom. The Labute approximate surface area is 197 Å². The van der Waals surface area contributed by atoms with Gasteiger partial charge in [0.05, 0.1) is 16.6 Å². The molecule has 0 spiro atoms. The largest absolute Gasteiger partial charge is 0.316 e. The summed E-state index contributed by atoms with van der Waals surface area (Å²) in [5.41, 5.74) is 8.51. The van der Waals surface area contributed by atoms with Gasteiger partial charge < -0.3 is 9.13 Å². The molecule has 2 nitrogen and oxygen atoms in total. The van der Waals surface area contributed by atoms with Gasteiger partial charge in [-0.1, -0.05) is 84.9 Å². The van der Waals surface area contributed by atoms with E-state index in [-0.39, 0.29) is 0 Å². The van der Waals surface area contributed by atoms with Gasteiger partial charge in [0.15, 0.2) is 0 Å². The summed E-state index contributed by atoms with van der Waals surface area (Å²) in [6, 6.07) is 45.5. The quantitative estimate of drug-likeness (QED) is 0.264. The molecule has 160 valence electrons. The molecule has 0 aliphatic heterocycles. The van der Waals surface area contributed by atoms with Gasteiger partial charge in [-0.2, -0.15) is 0 Å². The van der Waals surface area contributed by atoms with Gasteiger partial charge in [-0.3, -0.25) is 0 Å². The SMILES string of the molecule is c1ccc(-c2ccc(-n3ccc4c3ccc3c5ccccc5n(-c5ccccc5)c34)cc2)cc1. The minimum absolute atomic E-state index is 1.16. The number of hydrogen-bond donors (Lipinski definition) is 0. The lowest BCUT2D eigenvalue weighted by Crippen LogP contribution is -1.94. The topological polar surface area (TPSA) is 9.86 Å². The third kappa shape index (κ3) is 2.82. The van der Waals surface area contributed by atoms with E-state index in [9.17, 15) is 0 Å². The van der Waals surface area contributed by atoms with Crippen molar-refractivity contribution in [2.24, 2.45) is 0 Å². The summed E-state index contributed by atoms with van der Waals surface area (Å²) < 4.78 is 4.69. The van der Waals surface area contributed by atoms with E-state index in [0.29, 0.717) is 0 Å². The zero-order chi connectivity index (χ0) is 22.5. The maximum atomic E-state index is 2.40. The van der Waals surface area contributed by atoms with Gasteiger partial charge in [0.2, 0.25) is 0 Å². The minimum Gasteiger partial charge on any atom is -0.316 e. The molecule has 0 aliphatic carbocycles. The van der Waals surface area contributed by atoms with Gasteiger partial charge >= 0.3 is 0 Å². The van der Waals surface area contributed by atoms with E-state index in [0.717, 1.165) is 5.69 Å². The Hall–Kier alpha value is -4.56. The first-order valence-electron chi connectivity index (χ1n) is 11.6. The van der Waals surface area contributed by atoms with Crippen molar-refractivity contribution < 1.29 is 0 Å². The Kier molecular flexibility index (Phi) is 4.18. The van der Waals surface area contributed by atoms with E-state index in [1.807, 2.05) is 0 Å². The number of para-hydroxylation sites is 2. The molecule has 0 N–H and O–H groups in total. The molecule has 2 heterocycles. The minimum atomic E-state index is 1.16. The second-order valence-electron chi connectivity index (χ2n) is 8.68. The predicted molar refractivity (Wildman–Crippen MR) is 143 cm³/mol. The lowest BCUT2D eigenvalue weighted by Gasteiger charge is -2.10. The molecule has 0 fully saturated rings. The summed E-state index contributed by atoms with van der Waals surface area (Å²) in [7, 11) is 0. The zero-order valence-corrected chi connectivity index (χ0v) is 18.6. The molecule has 0 saturated heterocycles. The van der Waals surface area contributed by atoms with Crippen LogP contribution >= 0.6 is 0 Å². The van der Waals surface area contributed by atoms with Gasteiger partial charge in [0.1, 0.15) is 0 Å². The van der Waals surface area contributed by atoms with E-state index in [2.05, 4.69) is 143 Å². The number of benzene rings is 5. The van der Waals surface area contributed by atoms with E-state index in [4.69, 9.17) is 0 Å². The van der Waals surface area contributed by atoms with Crippen LogP contribution in [0.1, 0.15) is 0 Å². The normalized spacial score (nSPS) is 11.5. The van der Waals surface area contributed by atoms with Gasteiger partial charge in [0.25, 0.3) is 0 Å². The molecule has 0 aliphatic rings. The molecule has 7 aromatic rings. The van der Waals surface area contributed by atoms with Crippen LogP contribution in [0.4, 0.5) is 0 Å². The Morgan fingerprint density at radius 1 is 0.382 bits per heavy atom. The monoisotopic (exact) mass is 434 g/mol. The van der Waals surface area contributed by atoms with Gasteiger partial charge in [-0.25, -0.2) is 0 Å². The first kappa shape index (κ1) is 19.0. The molecule has 0 radical (unpaired) electrons. The maximum Gasteiger partial charge on any atom is 0.0635 e. The summed E-state index contributed by atoms with van der Waals surface area (Å²) in [4.78, 5) is 0. The van der Waals surface area contributed by atoms with Gasteiger partial charge in [-0.15, -0.1) is 0 Å². The molecular formula is C32H22N2. The van der Waals surface area contributed by atoms with E-state index < -0.39 is 0 Å². The Bertz CT molecular complexity index is 1770. The number of hydrogen-bond acceptors (Lipinski definition) is 0. The summed E-state index contributed by atoms with van der Waals surface area (Å²) in [6.07, 6.45) is 2.19. The highest BCUT2D eigenvalue weighted by Gasteiger charge is 2.16. The highest BCUT2D eigenvalue weighted by molar-refractivity contribution is 6.18.